The smallest absolute Gasteiger partial charge is 0.202 e. The van der Waals surface area contributed by atoms with Gasteiger partial charge in [0.1, 0.15) is 11.6 Å². The van der Waals surface area contributed by atoms with E-state index < -0.39 is 11.9 Å². The first-order valence-electron chi connectivity index (χ1n) is 5.89. The molecule has 0 N–H and O–H groups in total. The van der Waals surface area contributed by atoms with Crippen molar-refractivity contribution in [2.75, 3.05) is 0 Å². The van der Waals surface area contributed by atoms with Gasteiger partial charge in [0, 0.05) is 16.7 Å². The lowest BCUT2D eigenvalue weighted by molar-refractivity contribution is 0.0818. The van der Waals surface area contributed by atoms with Gasteiger partial charge in [-0.2, -0.15) is 0 Å². The molecular weight excluding hydrogens is 302 g/mol. The third-order valence-electron chi connectivity index (χ3n) is 2.69. The standard InChI is InChI=1S/C15H11Cl2FO2/c1-9(15(19)10-2-5-12(18)6-3-10)20-14-8-11(16)4-7-13(14)17/h2-9H,1H3. The lowest BCUT2D eigenvalue weighted by atomic mass is 10.1. The molecule has 2 aromatic rings. The molecule has 0 aliphatic heterocycles. The Balaban J connectivity index is 2.15. The number of hydrogen-bond donors (Lipinski definition) is 0. The molecule has 0 spiro atoms. The van der Waals surface area contributed by atoms with Crippen molar-refractivity contribution in [2.24, 2.45) is 0 Å². The molecule has 1 atom stereocenters. The van der Waals surface area contributed by atoms with E-state index in [9.17, 15) is 9.18 Å². The Morgan fingerprint density at radius 3 is 2.45 bits per heavy atom. The van der Waals surface area contributed by atoms with Crippen LogP contribution < -0.4 is 4.74 Å². The van der Waals surface area contributed by atoms with E-state index in [4.69, 9.17) is 27.9 Å². The van der Waals surface area contributed by atoms with Gasteiger partial charge in [-0.1, -0.05) is 23.2 Å². The van der Waals surface area contributed by atoms with Gasteiger partial charge in [-0.3, -0.25) is 4.79 Å². The minimum absolute atomic E-state index is 0.263. The molecule has 104 valence electrons. The molecule has 0 heterocycles. The van der Waals surface area contributed by atoms with Gasteiger partial charge in [-0.05, 0) is 43.3 Å². The van der Waals surface area contributed by atoms with E-state index in [1.807, 2.05) is 0 Å². The van der Waals surface area contributed by atoms with Crippen molar-refractivity contribution < 1.29 is 13.9 Å². The molecule has 0 amide bonds. The van der Waals surface area contributed by atoms with Crippen LogP contribution in [0.3, 0.4) is 0 Å². The summed E-state index contributed by atoms with van der Waals surface area (Å²) in [7, 11) is 0. The molecule has 1 unspecified atom stereocenters. The van der Waals surface area contributed by atoms with E-state index >= 15 is 0 Å². The normalized spacial score (nSPS) is 12.0. The lowest BCUT2D eigenvalue weighted by Crippen LogP contribution is -2.24. The topological polar surface area (TPSA) is 26.3 Å². The second-order valence-corrected chi connectivity index (χ2v) is 5.05. The Hall–Kier alpha value is -1.58. The maximum atomic E-state index is 12.8. The first-order chi connectivity index (χ1) is 9.47. The van der Waals surface area contributed by atoms with E-state index in [2.05, 4.69) is 0 Å². The van der Waals surface area contributed by atoms with Gasteiger partial charge < -0.3 is 4.74 Å². The Morgan fingerprint density at radius 2 is 1.80 bits per heavy atom. The zero-order chi connectivity index (χ0) is 14.7. The van der Waals surface area contributed by atoms with Crippen LogP contribution in [0.5, 0.6) is 5.75 Å². The molecule has 0 aromatic heterocycles. The molecule has 0 saturated heterocycles. The maximum absolute atomic E-state index is 12.8. The second-order valence-electron chi connectivity index (χ2n) is 4.21. The molecular formula is C15H11Cl2FO2. The van der Waals surface area contributed by atoms with E-state index in [-0.39, 0.29) is 5.78 Å². The summed E-state index contributed by atoms with van der Waals surface area (Å²) in [4.78, 5) is 12.1. The van der Waals surface area contributed by atoms with Crippen LogP contribution in [0, 0.1) is 5.82 Å². The summed E-state index contributed by atoms with van der Waals surface area (Å²) in [6.07, 6.45) is -0.753. The maximum Gasteiger partial charge on any atom is 0.202 e. The number of carbonyl (C=O) groups is 1. The first kappa shape index (κ1) is 14.8. The minimum Gasteiger partial charge on any atom is -0.481 e. The Labute approximate surface area is 126 Å². The van der Waals surface area contributed by atoms with Crippen molar-refractivity contribution >= 4 is 29.0 Å². The summed E-state index contributed by atoms with van der Waals surface area (Å²) in [5.41, 5.74) is 0.372. The number of hydrogen-bond acceptors (Lipinski definition) is 2. The molecule has 5 heteroatoms. The van der Waals surface area contributed by atoms with Gasteiger partial charge in [-0.25, -0.2) is 4.39 Å². The number of ether oxygens (including phenoxy) is 1. The van der Waals surface area contributed by atoms with Gasteiger partial charge in [0.2, 0.25) is 5.78 Å². The summed E-state index contributed by atoms with van der Waals surface area (Å²) in [6, 6.07) is 10.0. The Bertz CT molecular complexity index is 626. The van der Waals surface area contributed by atoms with Crippen LogP contribution in [-0.2, 0) is 0 Å². The predicted molar refractivity (Wildman–Crippen MR) is 77.3 cm³/mol. The number of halogens is 3. The van der Waals surface area contributed by atoms with Crippen LogP contribution in [0.25, 0.3) is 0 Å². The van der Waals surface area contributed by atoms with E-state index in [1.165, 1.54) is 24.3 Å². The fraction of sp³-hybridized carbons (Fsp3) is 0.133. The molecule has 2 nitrogen and oxygen atoms in total. The Morgan fingerprint density at radius 1 is 1.15 bits per heavy atom. The fourth-order valence-electron chi connectivity index (χ4n) is 1.66. The summed E-state index contributed by atoms with van der Waals surface area (Å²) in [6.45, 7) is 1.60. The third-order valence-corrected chi connectivity index (χ3v) is 3.24. The van der Waals surface area contributed by atoms with Crippen molar-refractivity contribution in [1.82, 2.24) is 0 Å². The Kier molecular flexibility index (Phi) is 4.63. The van der Waals surface area contributed by atoms with Crippen LogP contribution in [0.4, 0.5) is 4.39 Å². The lowest BCUT2D eigenvalue weighted by Gasteiger charge is -2.15. The van der Waals surface area contributed by atoms with Gasteiger partial charge in [0.25, 0.3) is 0 Å². The van der Waals surface area contributed by atoms with Crippen molar-refractivity contribution in [2.45, 2.75) is 13.0 Å². The number of carbonyl (C=O) groups excluding carboxylic acids is 1. The van der Waals surface area contributed by atoms with Crippen LogP contribution in [0.2, 0.25) is 10.0 Å². The summed E-state index contributed by atoms with van der Waals surface area (Å²) in [5, 5.41) is 0.832. The molecule has 20 heavy (non-hydrogen) atoms. The molecule has 0 bridgehead atoms. The minimum atomic E-state index is -0.753. The summed E-state index contributed by atoms with van der Waals surface area (Å²) < 4.78 is 18.3. The van der Waals surface area contributed by atoms with Gasteiger partial charge >= 0.3 is 0 Å². The molecule has 0 aliphatic carbocycles. The van der Waals surface area contributed by atoms with E-state index in [0.717, 1.165) is 0 Å². The van der Waals surface area contributed by atoms with Crippen LogP contribution in [-0.4, -0.2) is 11.9 Å². The van der Waals surface area contributed by atoms with Crippen molar-refractivity contribution in [3.63, 3.8) is 0 Å². The highest BCUT2D eigenvalue weighted by Gasteiger charge is 2.18. The molecule has 0 fully saturated rings. The molecule has 2 rings (SSSR count). The molecule has 2 aromatic carbocycles. The third kappa shape index (κ3) is 3.50. The first-order valence-corrected chi connectivity index (χ1v) is 6.64. The van der Waals surface area contributed by atoms with Crippen LogP contribution >= 0.6 is 23.2 Å². The van der Waals surface area contributed by atoms with Crippen molar-refractivity contribution in [1.29, 1.82) is 0 Å². The monoisotopic (exact) mass is 312 g/mol. The van der Waals surface area contributed by atoms with E-state index in [0.29, 0.717) is 21.4 Å². The van der Waals surface area contributed by atoms with E-state index in [1.54, 1.807) is 25.1 Å². The highest BCUT2D eigenvalue weighted by molar-refractivity contribution is 6.34. The second kappa shape index (κ2) is 6.25. The quantitative estimate of drug-likeness (QED) is 0.759. The predicted octanol–water partition coefficient (Wildman–Crippen LogP) is 4.78. The van der Waals surface area contributed by atoms with Crippen molar-refractivity contribution in [3.05, 3.63) is 63.9 Å². The largest absolute Gasteiger partial charge is 0.481 e. The van der Waals surface area contributed by atoms with Gasteiger partial charge in [-0.15, -0.1) is 0 Å². The number of benzene rings is 2. The molecule has 0 radical (unpaired) electrons. The van der Waals surface area contributed by atoms with Crippen LogP contribution in [0.1, 0.15) is 17.3 Å². The van der Waals surface area contributed by atoms with Crippen LogP contribution in [0.15, 0.2) is 42.5 Å². The zero-order valence-corrected chi connectivity index (χ0v) is 12.1. The highest BCUT2D eigenvalue weighted by atomic mass is 35.5. The average molecular weight is 313 g/mol. The van der Waals surface area contributed by atoms with Crippen molar-refractivity contribution in [3.8, 4) is 5.75 Å². The summed E-state index contributed by atoms with van der Waals surface area (Å²) >= 11 is 11.8. The highest BCUT2D eigenvalue weighted by Crippen LogP contribution is 2.29. The number of ketones is 1. The average Bonchev–Trinajstić information content (AvgIpc) is 2.43. The molecule has 0 saturated carbocycles. The van der Waals surface area contributed by atoms with Gasteiger partial charge in [0.15, 0.2) is 6.10 Å². The SMILES string of the molecule is CC(Oc1cc(Cl)ccc1Cl)C(=O)c1ccc(F)cc1. The number of rotatable bonds is 4. The number of Topliss-reactive ketones (excluding diaryl/α,β-unsaturated/α-hetero) is 1. The molecule has 0 aliphatic rings. The van der Waals surface area contributed by atoms with Gasteiger partial charge in [0.05, 0.1) is 5.02 Å². The fourth-order valence-corrected chi connectivity index (χ4v) is 1.98. The summed E-state index contributed by atoms with van der Waals surface area (Å²) in [5.74, 6) is -0.323. The zero-order valence-electron chi connectivity index (χ0n) is 10.6.